The quantitative estimate of drug-likeness (QED) is 0.361. The second kappa shape index (κ2) is 13.1. The van der Waals surface area contributed by atoms with E-state index in [2.05, 4.69) is 11.5 Å². The van der Waals surface area contributed by atoms with E-state index >= 15 is 0 Å². The highest BCUT2D eigenvalue weighted by atomic mass is 35.5. The first-order valence-corrected chi connectivity index (χ1v) is 9.92. The van der Waals surface area contributed by atoms with Crippen molar-refractivity contribution in [1.82, 2.24) is 0 Å². The molecule has 27 heavy (non-hydrogen) atoms. The summed E-state index contributed by atoms with van der Waals surface area (Å²) < 4.78 is 0. The number of aromatic carboxylic acids is 2. The summed E-state index contributed by atoms with van der Waals surface area (Å²) in [5, 5.41) is 14.3. The van der Waals surface area contributed by atoms with Crippen LogP contribution in [0.1, 0.15) is 20.7 Å². The monoisotopic (exact) mass is 500 g/mol. The molecule has 1 aromatic carbocycles. The Morgan fingerprint density at radius 2 is 0.815 bits per heavy atom. The van der Waals surface area contributed by atoms with E-state index in [-0.39, 0.29) is 17.8 Å². The minimum atomic E-state index is -1.06. The lowest BCUT2D eigenvalue weighted by Gasteiger charge is -2.37. The summed E-state index contributed by atoms with van der Waals surface area (Å²) in [6.07, 6.45) is 0. The molecule has 6 N–H and O–H groups in total. The molecule has 154 valence electrons. The fraction of sp³-hybridized carbons (Fsp3) is 0.467. The van der Waals surface area contributed by atoms with Gasteiger partial charge in [-0.25, -0.2) is 9.59 Å². The Hall–Kier alpha value is -0.180. The van der Waals surface area contributed by atoms with Crippen molar-refractivity contribution in [2.45, 2.75) is 32.3 Å². The van der Waals surface area contributed by atoms with Crippen LogP contribution in [0, 0.1) is 0 Å². The molecular weight excluding hydrogens is 485 g/mol. The first-order valence-electron chi connectivity index (χ1n) is 7.30. The number of alkyl halides is 6. The third-order valence-corrected chi connectivity index (χ3v) is 7.24. The summed E-state index contributed by atoms with van der Waals surface area (Å²) in [5.74, 6) is -2.13. The van der Waals surface area contributed by atoms with Crippen LogP contribution in [0.15, 0.2) is 24.3 Å². The summed E-state index contributed by atoms with van der Waals surface area (Å²) in [7, 11) is 0. The number of nitrogens with two attached hydrogens (primary N) is 2. The number of benzene rings is 1. The minimum Gasteiger partial charge on any atom is -0.478 e. The second-order valence-corrected chi connectivity index (χ2v) is 8.11. The molecular formula is C15H18Cl6N2O4. The largest absolute Gasteiger partial charge is 0.478 e. The lowest BCUT2D eigenvalue weighted by Crippen LogP contribution is -2.52. The van der Waals surface area contributed by atoms with Gasteiger partial charge < -0.3 is 21.7 Å². The minimum absolute atomic E-state index is 0.0833. The van der Waals surface area contributed by atoms with E-state index in [0.29, 0.717) is 0 Å². The molecule has 0 heterocycles. The number of halogens is 6. The van der Waals surface area contributed by atoms with Gasteiger partial charge >= 0.3 is 11.9 Å². The van der Waals surface area contributed by atoms with Gasteiger partial charge in [-0.1, -0.05) is 0 Å². The summed E-state index contributed by atoms with van der Waals surface area (Å²) in [6.45, 7) is 0.250. The van der Waals surface area contributed by atoms with E-state index in [0.717, 1.165) is 0 Å². The van der Waals surface area contributed by atoms with Gasteiger partial charge in [0, 0.05) is 6.67 Å². The van der Waals surface area contributed by atoms with Crippen molar-refractivity contribution in [2.75, 3.05) is 6.67 Å². The van der Waals surface area contributed by atoms with Crippen LogP contribution in [-0.4, -0.2) is 61.1 Å². The zero-order valence-electron chi connectivity index (χ0n) is 13.6. The van der Waals surface area contributed by atoms with E-state index in [1.165, 1.54) is 24.3 Å². The van der Waals surface area contributed by atoms with Crippen LogP contribution in [0.25, 0.3) is 0 Å². The fourth-order valence-corrected chi connectivity index (χ4v) is 4.14. The van der Waals surface area contributed by atoms with E-state index in [4.69, 9.17) is 79.8 Å². The molecule has 0 unspecified atom stereocenters. The summed E-state index contributed by atoms with van der Waals surface area (Å²) in [6, 6.07) is 5.02. The van der Waals surface area contributed by atoms with Crippen LogP contribution in [0.4, 0.5) is 0 Å². The molecule has 0 bridgehead atoms. The number of hydrogen-bond donors (Lipinski definition) is 4. The maximum Gasteiger partial charge on any atom is 0.335 e. The van der Waals surface area contributed by atoms with Crippen molar-refractivity contribution in [1.29, 1.82) is 0 Å². The fourth-order valence-electron chi connectivity index (χ4n) is 1.81. The third kappa shape index (κ3) is 8.38. The molecule has 0 amide bonds. The molecule has 12 heteroatoms. The zero-order valence-corrected chi connectivity index (χ0v) is 18.1. The zero-order chi connectivity index (χ0) is 21.3. The Morgan fingerprint density at radius 3 is 0.926 bits per heavy atom. The van der Waals surface area contributed by atoms with Crippen LogP contribution in [-0.2, 0) is 0 Å². The smallest absolute Gasteiger partial charge is 0.335 e. The van der Waals surface area contributed by atoms with Crippen molar-refractivity contribution in [3.8, 4) is 0 Å². The Bertz CT molecular complexity index is 515. The first kappa shape index (κ1) is 26.8. The van der Waals surface area contributed by atoms with Crippen molar-refractivity contribution in [3.63, 3.8) is 0 Å². The van der Waals surface area contributed by atoms with Gasteiger partial charge in [-0.2, -0.15) is 0 Å². The Kier molecular flexibility index (Phi) is 13.0. The normalized spacial score (nSPS) is 29.5. The molecule has 1 aliphatic rings. The van der Waals surface area contributed by atoms with Crippen LogP contribution in [0.2, 0.25) is 0 Å². The first-order chi connectivity index (χ1) is 12.5. The van der Waals surface area contributed by atoms with Crippen molar-refractivity contribution < 1.29 is 19.8 Å². The molecule has 6 nitrogen and oxygen atoms in total. The van der Waals surface area contributed by atoms with E-state index < -0.39 is 44.2 Å². The van der Waals surface area contributed by atoms with Crippen LogP contribution in [0.3, 0.4) is 0 Å². The molecule has 0 aromatic heterocycles. The molecule has 1 fully saturated rings. The van der Waals surface area contributed by atoms with Crippen LogP contribution in [0.5, 0.6) is 0 Å². The summed E-state index contributed by atoms with van der Waals surface area (Å²) in [5.41, 5.74) is 9.42. The lowest BCUT2D eigenvalue weighted by atomic mass is 9.97. The number of rotatable bonds is 2. The van der Waals surface area contributed by atoms with Gasteiger partial charge in [0.25, 0.3) is 0 Å². The highest BCUT2D eigenvalue weighted by Gasteiger charge is 2.46. The molecule has 1 aromatic rings. The van der Waals surface area contributed by atoms with Crippen LogP contribution >= 0.6 is 69.6 Å². The van der Waals surface area contributed by atoms with Crippen molar-refractivity contribution >= 4 is 81.5 Å². The van der Waals surface area contributed by atoms with E-state index in [9.17, 15) is 9.59 Å². The molecule has 0 radical (unpaired) electrons. The standard InChI is InChI=1S/C8H6O4.C6H6Cl6.CH6N2/c9-7(10)5-1-2-6(4-3-5)8(11)12;7-1-2(8)4(10)6(12)5(11)3(1)9;2-1-3/h1-4H,(H,9,10)(H,11,12);1-6H;1-3H2/t;1-,2-,3-,4+,5+,6+;. The molecule has 1 saturated carbocycles. The summed E-state index contributed by atoms with van der Waals surface area (Å²) >= 11 is 35.3. The van der Waals surface area contributed by atoms with Gasteiger partial charge in [0.05, 0.1) is 43.4 Å². The molecule has 0 atom stereocenters. The predicted octanol–water partition coefficient (Wildman–Crippen LogP) is 3.59. The average Bonchev–Trinajstić information content (AvgIpc) is 2.64. The molecule has 0 saturated heterocycles. The van der Waals surface area contributed by atoms with Gasteiger partial charge in [0.1, 0.15) is 0 Å². The lowest BCUT2D eigenvalue weighted by molar-refractivity contribution is 0.0681. The molecule has 0 aliphatic heterocycles. The van der Waals surface area contributed by atoms with Gasteiger partial charge in [0.15, 0.2) is 0 Å². The van der Waals surface area contributed by atoms with Crippen LogP contribution < -0.4 is 11.5 Å². The highest BCUT2D eigenvalue weighted by Crippen LogP contribution is 2.39. The van der Waals surface area contributed by atoms with Crippen molar-refractivity contribution in [2.24, 2.45) is 11.5 Å². The maximum atomic E-state index is 10.3. The van der Waals surface area contributed by atoms with Crippen molar-refractivity contribution in [3.05, 3.63) is 35.4 Å². The third-order valence-electron chi connectivity index (χ3n) is 3.20. The molecule has 1 aliphatic carbocycles. The average molecular weight is 503 g/mol. The van der Waals surface area contributed by atoms with E-state index in [1.54, 1.807) is 0 Å². The SMILES string of the molecule is Cl[C@H]1[C@H](Cl)[C@@H](Cl)[C@@H](Cl)[C@H](Cl)[C@H]1Cl.NCN.O=C(O)c1ccc(C(=O)O)cc1. The van der Waals surface area contributed by atoms with Gasteiger partial charge in [-0.3, -0.25) is 0 Å². The number of carbonyl (C=O) groups is 2. The number of carboxylic acids is 2. The topological polar surface area (TPSA) is 127 Å². The Labute approximate surface area is 186 Å². The molecule has 2 rings (SSSR count). The maximum absolute atomic E-state index is 10.3. The van der Waals surface area contributed by atoms with E-state index in [1.807, 2.05) is 0 Å². The number of hydrogen-bond acceptors (Lipinski definition) is 4. The summed E-state index contributed by atoms with van der Waals surface area (Å²) in [4.78, 5) is 20.7. The Morgan fingerprint density at radius 1 is 0.667 bits per heavy atom. The van der Waals surface area contributed by atoms with Gasteiger partial charge in [-0.05, 0) is 24.3 Å². The number of carboxylic acid groups (broad SMARTS) is 2. The second-order valence-electron chi connectivity index (χ2n) is 5.09. The predicted molar refractivity (Wildman–Crippen MR) is 111 cm³/mol. The van der Waals surface area contributed by atoms with Gasteiger partial charge in [-0.15, -0.1) is 69.6 Å². The molecule has 0 spiro atoms. The highest BCUT2D eigenvalue weighted by molar-refractivity contribution is 6.45. The van der Waals surface area contributed by atoms with Gasteiger partial charge in [0.2, 0.25) is 0 Å². The Balaban J connectivity index is 0.000000438.